The normalized spacial score (nSPS) is 12.7. The number of benzene rings is 1. The van der Waals surface area contributed by atoms with Gasteiger partial charge in [-0.05, 0) is 54.8 Å². The van der Waals surface area contributed by atoms with Crippen LogP contribution in [-0.2, 0) is 0 Å². The van der Waals surface area contributed by atoms with Crippen LogP contribution >= 0.6 is 0 Å². The van der Waals surface area contributed by atoms with E-state index < -0.39 is 0 Å². The molecule has 0 spiro atoms. The molecule has 3 aromatic rings. The van der Waals surface area contributed by atoms with Crippen LogP contribution in [0.1, 0.15) is 32.1 Å². The highest BCUT2D eigenvalue weighted by molar-refractivity contribution is 5.82. The summed E-state index contributed by atoms with van der Waals surface area (Å²) >= 11 is 0. The highest BCUT2D eigenvalue weighted by Gasteiger charge is 2.15. The fourth-order valence-electron chi connectivity index (χ4n) is 2.96. The summed E-state index contributed by atoms with van der Waals surface area (Å²) in [6.07, 6.45) is 2.88. The van der Waals surface area contributed by atoms with E-state index in [0.717, 1.165) is 40.2 Å². The van der Waals surface area contributed by atoms with Crippen molar-refractivity contribution in [3.8, 4) is 11.1 Å². The number of hydrogen-bond acceptors (Lipinski definition) is 4. The number of pyridine rings is 1. The average molecular weight is 323 g/mol. The van der Waals surface area contributed by atoms with Crippen LogP contribution in [0.25, 0.3) is 22.2 Å². The van der Waals surface area contributed by atoms with Gasteiger partial charge < -0.3 is 15.6 Å². The number of imidazole rings is 1. The second-order valence-electron chi connectivity index (χ2n) is 6.50. The topological polar surface area (TPSA) is 65.6 Å². The molecule has 0 aliphatic carbocycles. The molecule has 3 N–H and O–H groups in total. The lowest BCUT2D eigenvalue weighted by Crippen LogP contribution is -2.19. The maximum absolute atomic E-state index is 4.76. The van der Waals surface area contributed by atoms with Crippen molar-refractivity contribution in [1.29, 1.82) is 0 Å². The van der Waals surface area contributed by atoms with Crippen molar-refractivity contribution in [3.05, 3.63) is 42.4 Å². The molecular formula is C19H25N5. The molecule has 0 bridgehead atoms. The van der Waals surface area contributed by atoms with E-state index in [4.69, 9.17) is 4.98 Å². The zero-order valence-corrected chi connectivity index (χ0v) is 14.7. The first-order valence-electron chi connectivity index (χ1n) is 8.41. The van der Waals surface area contributed by atoms with Crippen LogP contribution in [0.4, 0.5) is 5.82 Å². The molecule has 0 amide bonds. The number of fused-ring (bicyclic) bond motifs is 1. The summed E-state index contributed by atoms with van der Waals surface area (Å²) in [5.74, 6) is 2.48. The van der Waals surface area contributed by atoms with E-state index in [1.165, 1.54) is 0 Å². The Kier molecular flexibility index (Phi) is 4.81. The fourth-order valence-corrected chi connectivity index (χ4v) is 2.96. The third-order valence-electron chi connectivity index (χ3n) is 4.24. The maximum atomic E-state index is 4.76. The van der Waals surface area contributed by atoms with Gasteiger partial charge in [0.2, 0.25) is 0 Å². The third kappa shape index (κ3) is 3.41. The standard InChI is InChI=1S/C19H25N5/c1-12(2)9-17(20-3)19-23-15-6-5-13(10-16(15)24-19)14-7-8-22-18(11-14)21-4/h5-8,10-12,17,20H,9H2,1-4H3,(H,21,22)(H,23,24). The zero-order chi connectivity index (χ0) is 17.1. The Labute approximate surface area is 142 Å². The van der Waals surface area contributed by atoms with Crippen LogP contribution in [-0.4, -0.2) is 29.0 Å². The molecule has 126 valence electrons. The highest BCUT2D eigenvalue weighted by Crippen LogP contribution is 2.27. The number of anilines is 1. The van der Waals surface area contributed by atoms with Crippen molar-refractivity contribution in [2.75, 3.05) is 19.4 Å². The second kappa shape index (κ2) is 7.01. The molecule has 1 atom stereocenters. The van der Waals surface area contributed by atoms with Crippen LogP contribution in [0.5, 0.6) is 0 Å². The fraction of sp³-hybridized carbons (Fsp3) is 0.368. The van der Waals surface area contributed by atoms with Gasteiger partial charge in [0.15, 0.2) is 0 Å². The molecule has 1 unspecified atom stereocenters. The Hall–Kier alpha value is -2.40. The Morgan fingerprint density at radius 1 is 1.08 bits per heavy atom. The van der Waals surface area contributed by atoms with Crippen LogP contribution in [0.2, 0.25) is 0 Å². The molecule has 2 heterocycles. The van der Waals surface area contributed by atoms with Gasteiger partial charge in [0.05, 0.1) is 17.1 Å². The summed E-state index contributed by atoms with van der Waals surface area (Å²) in [4.78, 5) is 12.5. The average Bonchev–Trinajstić information content (AvgIpc) is 3.02. The minimum atomic E-state index is 0.248. The highest BCUT2D eigenvalue weighted by atomic mass is 15.0. The van der Waals surface area contributed by atoms with Gasteiger partial charge in [-0.25, -0.2) is 9.97 Å². The second-order valence-corrected chi connectivity index (χ2v) is 6.50. The van der Waals surface area contributed by atoms with Crippen molar-refractivity contribution in [2.24, 2.45) is 5.92 Å². The van der Waals surface area contributed by atoms with E-state index in [0.29, 0.717) is 5.92 Å². The molecule has 2 aromatic heterocycles. The molecule has 24 heavy (non-hydrogen) atoms. The molecule has 0 saturated carbocycles. The lowest BCUT2D eigenvalue weighted by atomic mass is 10.0. The maximum Gasteiger partial charge on any atom is 0.126 e. The minimum Gasteiger partial charge on any atom is -0.373 e. The van der Waals surface area contributed by atoms with Gasteiger partial charge in [0.25, 0.3) is 0 Å². The summed E-state index contributed by atoms with van der Waals surface area (Å²) in [6.45, 7) is 4.46. The van der Waals surface area contributed by atoms with Crippen molar-refractivity contribution >= 4 is 16.9 Å². The molecule has 0 saturated heterocycles. The Morgan fingerprint density at radius 3 is 2.58 bits per heavy atom. The van der Waals surface area contributed by atoms with E-state index in [1.54, 1.807) is 0 Å². The number of rotatable bonds is 6. The van der Waals surface area contributed by atoms with Crippen molar-refractivity contribution in [2.45, 2.75) is 26.3 Å². The molecule has 5 heteroatoms. The zero-order valence-electron chi connectivity index (χ0n) is 14.7. The van der Waals surface area contributed by atoms with E-state index in [1.807, 2.05) is 32.4 Å². The monoisotopic (exact) mass is 323 g/mol. The number of aromatic nitrogens is 3. The Bertz CT molecular complexity index is 821. The van der Waals surface area contributed by atoms with Gasteiger partial charge in [-0.1, -0.05) is 19.9 Å². The summed E-state index contributed by atoms with van der Waals surface area (Å²) in [5, 5.41) is 6.44. The molecule has 0 fully saturated rings. The summed E-state index contributed by atoms with van der Waals surface area (Å²) in [5.41, 5.74) is 4.36. The smallest absolute Gasteiger partial charge is 0.126 e. The predicted octanol–water partition coefficient (Wildman–Crippen LogP) is 3.97. The van der Waals surface area contributed by atoms with Crippen molar-refractivity contribution in [1.82, 2.24) is 20.3 Å². The van der Waals surface area contributed by atoms with Crippen molar-refractivity contribution in [3.63, 3.8) is 0 Å². The molecular weight excluding hydrogens is 298 g/mol. The SMILES string of the molecule is CNc1cc(-c2ccc3nc(C(CC(C)C)NC)[nH]c3c2)ccn1. The number of nitrogens with zero attached hydrogens (tertiary/aromatic N) is 2. The van der Waals surface area contributed by atoms with Gasteiger partial charge in [-0.2, -0.15) is 0 Å². The van der Waals surface area contributed by atoms with Gasteiger partial charge in [-0.3, -0.25) is 0 Å². The molecule has 0 radical (unpaired) electrons. The van der Waals surface area contributed by atoms with Crippen molar-refractivity contribution < 1.29 is 0 Å². The Morgan fingerprint density at radius 2 is 1.88 bits per heavy atom. The number of H-pyrrole nitrogens is 1. The van der Waals surface area contributed by atoms with E-state index in [9.17, 15) is 0 Å². The molecule has 0 aliphatic rings. The predicted molar refractivity (Wildman–Crippen MR) is 100 cm³/mol. The van der Waals surface area contributed by atoms with Gasteiger partial charge in [0.1, 0.15) is 11.6 Å². The molecule has 1 aromatic carbocycles. The summed E-state index contributed by atoms with van der Waals surface area (Å²) in [6, 6.07) is 10.7. The van der Waals surface area contributed by atoms with Gasteiger partial charge in [-0.15, -0.1) is 0 Å². The van der Waals surface area contributed by atoms with Crippen LogP contribution in [0.3, 0.4) is 0 Å². The van der Waals surface area contributed by atoms with E-state index in [-0.39, 0.29) is 6.04 Å². The first-order valence-corrected chi connectivity index (χ1v) is 8.41. The molecule has 5 nitrogen and oxygen atoms in total. The summed E-state index contributed by atoms with van der Waals surface area (Å²) < 4.78 is 0. The first-order chi connectivity index (χ1) is 11.6. The third-order valence-corrected chi connectivity index (χ3v) is 4.24. The Balaban J connectivity index is 1.96. The van der Waals surface area contributed by atoms with Crippen LogP contribution < -0.4 is 10.6 Å². The number of hydrogen-bond donors (Lipinski definition) is 3. The van der Waals surface area contributed by atoms with E-state index >= 15 is 0 Å². The minimum absolute atomic E-state index is 0.248. The van der Waals surface area contributed by atoms with Gasteiger partial charge >= 0.3 is 0 Å². The first kappa shape index (κ1) is 16.5. The quantitative estimate of drug-likeness (QED) is 0.642. The number of aromatic amines is 1. The number of nitrogens with one attached hydrogen (secondary N) is 3. The largest absolute Gasteiger partial charge is 0.373 e. The summed E-state index contributed by atoms with van der Waals surface area (Å²) in [7, 11) is 3.87. The lowest BCUT2D eigenvalue weighted by Gasteiger charge is -2.15. The van der Waals surface area contributed by atoms with E-state index in [2.05, 4.69) is 52.6 Å². The molecule has 0 aliphatic heterocycles. The lowest BCUT2D eigenvalue weighted by molar-refractivity contribution is 0.443. The van der Waals surface area contributed by atoms with Crippen LogP contribution in [0, 0.1) is 5.92 Å². The van der Waals surface area contributed by atoms with Crippen LogP contribution in [0.15, 0.2) is 36.5 Å². The van der Waals surface area contributed by atoms with Gasteiger partial charge in [0, 0.05) is 13.2 Å². The molecule has 3 rings (SSSR count).